The summed E-state index contributed by atoms with van der Waals surface area (Å²) >= 11 is 0. The third kappa shape index (κ3) is 3.17. The van der Waals surface area contributed by atoms with Crippen molar-refractivity contribution in [2.75, 3.05) is 26.8 Å². The minimum absolute atomic E-state index is 0.339. The van der Waals surface area contributed by atoms with Crippen LogP contribution in [0.1, 0.15) is 12.5 Å². The van der Waals surface area contributed by atoms with Gasteiger partial charge in [0, 0.05) is 30.3 Å². The van der Waals surface area contributed by atoms with Crippen molar-refractivity contribution >= 4 is 0 Å². The number of rotatable bonds is 6. The van der Waals surface area contributed by atoms with Gasteiger partial charge in [-0.3, -0.25) is 4.68 Å². The van der Waals surface area contributed by atoms with Crippen LogP contribution in [-0.2, 0) is 17.8 Å². The van der Waals surface area contributed by atoms with Crippen molar-refractivity contribution in [3.8, 4) is 0 Å². The lowest BCUT2D eigenvalue weighted by molar-refractivity contribution is -0.113. The number of hydrogen-bond donors (Lipinski definition) is 0. The van der Waals surface area contributed by atoms with Gasteiger partial charge in [0.1, 0.15) is 0 Å². The summed E-state index contributed by atoms with van der Waals surface area (Å²) in [4.78, 5) is 2.33. The van der Waals surface area contributed by atoms with Crippen molar-refractivity contribution in [2.24, 2.45) is 5.41 Å². The Labute approximate surface area is 103 Å². The molecule has 4 heteroatoms. The van der Waals surface area contributed by atoms with Crippen molar-refractivity contribution in [3.05, 3.63) is 30.6 Å². The van der Waals surface area contributed by atoms with Crippen molar-refractivity contribution in [3.63, 3.8) is 0 Å². The maximum Gasteiger partial charge on any atom is 0.0587 e. The highest BCUT2D eigenvalue weighted by Crippen LogP contribution is 2.27. The highest BCUT2D eigenvalue weighted by atomic mass is 16.5. The molecule has 0 N–H and O–H groups in total. The number of allylic oxidation sites excluding steroid dienone is 1. The van der Waals surface area contributed by atoms with Crippen LogP contribution in [0.15, 0.2) is 25.0 Å². The van der Waals surface area contributed by atoms with E-state index in [1.54, 1.807) is 0 Å². The molecule has 0 spiro atoms. The van der Waals surface area contributed by atoms with E-state index in [9.17, 15) is 0 Å². The molecule has 2 heterocycles. The second-order valence-electron chi connectivity index (χ2n) is 5.34. The molecular formula is C13H21N3O. The third-order valence-corrected chi connectivity index (χ3v) is 3.01. The molecule has 1 aromatic heterocycles. The Morgan fingerprint density at radius 3 is 3.00 bits per heavy atom. The summed E-state index contributed by atoms with van der Waals surface area (Å²) in [5, 5.41) is 4.28. The highest BCUT2D eigenvalue weighted by Gasteiger charge is 2.34. The number of ether oxygens (including phenoxy) is 1. The zero-order valence-electron chi connectivity index (χ0n) is 10.7. The maximum absolute atomic E-state index is 5.27. The molecule has 1 aliphatic heterocycles. The maximum atomic E-state index is 5.27. The number of nitrogens with zero attached hydrogens (tertiary/aromatic N) is 3. The van der Waals surface area contributed by atoms with Crippen LogP contribution in [0.25, 0.3) is 0 Å². The summed E-state index contributed by atoms with van der Waals surface area (Å²) in [6.45, 7) is 10.5. The molecule has 0 atom stereocenters. The van der Waals surface area contributed by atoms with Gasteiger partial charge in [0.15, 0.2) is 0 Å². The van der Waals surface area contributed by atoms with Crippen LogP contribution in [-0.4, -0.2) is 41.5 Å². The van der Waals surface area contributed by atoms with Gasteiger partial charge in [-0.15, -0.1) is 6.58 Å². The van der Waals surface area contributed by atoms with E-state index in [1.807, 2.05) is 17.0 Å². The molecule has 0 bridgehead atoms. The average molecular weight is 235 g/mol. The monoisotopic (exact) mass is 235 g/mol. The Morgan fingerprint density at radius 1 is 1.65 bits per heavy atom. The molecule has 4 nitrogen and oxygen atoms in total. The Hall–Kier alpha value is -1.13. The van der Waals surface area contributed by atoms with E-state index in [2.05, 4.69) is 36.7 Å². The quantitative estimate of drug-likeness (QED) is 0.701. The van der Waals surface area contributed by atoms with Crippen molar-refractivity contribution in [2.45, 2.75) is 20.0 Å². The Balaban J connectivity index is 1.84. The molecule has 0 amide bonds. The van der Waals surface area contributed by atoms with Gasteiger partial charge in [-0.2, -0.15) is 5.10 Å². The Bertz CT molecular complexity index is 382. The van der Waals surface area contributed by atoms with Crippen molar-refractivity contribution < 1.29 is 4.74 Å². The topological polar surface area (TPSA) is 30.3 Å². The van der Waals surface area contributed by atoms with Gasteiger partial charge in [-0.1, -0.05) is 13.0 Å². The summed E-state index contributed by atoms with van der Waals surface area (Å²) < 4.78 is 7.18. The molecule has 0 saturated carbocycles. The predicted molar refractivity (Wildman–Crippen MR) is 67.7 cm³/mol. The zero-order chi connectivity index (χ0) is 12.3. The van der Waals surface area contributed by atoms with E-state index in [0.29, 0.717) is 5.41 Å². The second-order valence-corrected chi connectivity index (χ2v) is 5.34. The van der Waals surface area contributed by atoms with E-state index in [0.717, 1.165) is 32.8 Å². The van der Waals surface area contributed by atoms with Crippen LogP contribution in [0.5, 0.6) is 0 Å². The summed E-state index contributed by atoms with van der Waals surface area (Å²) in [7, 11) is 2.15. The zero-order valence-corrected chi connectivity index (χ0v) is 10.7. The lowest BCUT2D eigenvalue weighted by Crippen LogP contribution is -2.47. The molecule has 1 saturated heterocycles. The van der Waals surface area contributed by atoms with Crippen LogP contribution in [0.3, 0.4) is 0 Å². The molecule has 94 valence electrons. The summed E-state index contributed by atoms with van der Waals surface area (Å²) in [6, 6.07) is 0. The fourth-order valence-corrected chi connectivity index (χ4v) is 2.28. The van der Waals surface area contributed by atoms with E-state index >= 15 is 0 Å². The Morgan fingerprint density at radius 2 is 2.41 bits per heavy atom. The van der Waals surface area contributed by atoms with Crippen molar-refractivity contribution in [1.82, 2.24) is 14.7 Å². The van der Waals surface area contributed by atoms with Gasteiger partial charge in [0.2, 0.25) is 0 Å². The molecule has 1 aromatic rings. The normalized spacial score (nSPS) is 18.1. The largest absolute Gasteiger partial charge is 0.380 e. The predicted octanol–water partition coefficient (Wildman–Crippen LogP) is 1.54. The van der Waals surface area contributed by atoms with Gasteiger partial charge >= 0.3 is 0 Å². The minimum Gasteiger partial charge on any atom is -0.380 e. The number of hydrogen-bond acceptors (Lipinski definition) is 3. The van der Waals surface area contributed by atoms with Gasteiger partial charge in [0.05, 0.1) is 26.0 Å². The van der Waals surface area contributed by atoms with Gasteiger partial charge in [-0.05, 0) is 7.05 Å². The molecule has 2 rings (SSSR count). The fourth-order valence-electron chi connectivity index (χ4n) is 2.28. The highest BCUT2D eigenvalue weighted by molar-refractivity contribution is 5.04. The molecule has 0 unspecified atom stereocenters. The summed E-state index contributed by atoms with van der Waals surface area (Å²) in [6.07, 6.45) is 5.87. The first kappa shape index (κ1) is 12.3. The molecule has 0 radical (unpaired) electrons. The summed E-state index contributed by atoms with van der Waals surface area (Å²) in [5.41, 5.74) is 1.59. The fraction of sp³-hybridized carbons (Fsp3) is 0.615. The van der Waals surface area contributed by atoms with E-state index in [-0.39, 0.29) is 0 Å². The molecule has 1 aliphatic rings. The van der Waals surface area contributed by atoms with Gasteiger partial charge in [0.25, 0.3) is 0 Å². The lowest BCUT2D eigenvalue weighted by atomic mass is 9.88. The van der Waals surface area contributed by atoms with Gasteiger partial charge < -0.3 is 9.64 Å². The van der Waals surface area contributed by atoms with Crippen LogP contribution in [0.4, 0.5) is 0 Å². The molecule has 17 heavy (non-hydrogen) atoms. The first-order valence-electron chi connectivity index (χ1n) is 6.00. The molecule has 0 aromatic carbocycles. The SMILES string of the molecule is C=CCn1cc(CN(C)CC2(C)COC2)cn1. The Kier molecular flexibility index (Phi) is 3.64. The van der Waals surface area contributed by atoms with E-state index in [4.69, 9.17) is 4.74 Å². The second kappa shape index (κ2) is 5.02. The third-order valence-electron chi connectivity index (χ3n) is 3.01. The van der Waals surface area contributed by atoms with Crippen LogP contribution in [0.2, 0.25) is 0 Å². The lowest BCUT2D eigenvalue weighted by Gasteiger charge is -2.40. The first-order chi connectivity index (χ1) is 8.11. The summed E-state index contributed by atoms with van der Waals surface area (Å²) in [5.74, 6) is 0. The standard InChI is InChI=1S/C13H21N3O/c1-4-5-16-8-12(6-14-16)7-15(3)9-13(2)10-17-11-13/h4,6,8H,1,5,7,9-11H2,2-3H3. The van der Waals surface area contributed by atoms with Crippen LogP contribution < -0.4 is 0 Å². The first-order valence-corrected chi connectivity index (χ1v) is 6.00. The van der Waals surface area contributed by atoms with Crippen LogP contribution in [0, 0.1) is 5.41 Å². The average Bonchev–Trinajstić information content (AvgIpc) is 2.63. The minimum atomic E-state index is 0.339. The smallest absolute Gasteiger partial charge is 0.0587 e. The van der Waals surface area contributed by atoms with Crippen LogP contribution >= 0.6 is 0 Å². The van der Waals surface area contributed by atoms with E-state index < -0.39 is 0 Å². The van der Waals surface area contributed by atoms with E-state index in [1.165, 1.54) is 5.56 Å². The van der Waals surface area contributed by atoms with Gasteiger partial charge in [-0.25, -0.2) is 0 Å². The molecule has 0 aliphatic carbocycles. The number of aromatic nitrogens is 2. The molecule has 1 fully saturated rings. The molecular weight excluding hydrogens is 214 g/mol. The van der Waals surface area contributed by atoms with Crippen molar-refractivity contribution in [1.29, 1.82) is 0 Å².